The molecule has 1 aromatic carbocycles. The van der Waals surface area contributed by atoms with Crippen molar-refractivity contribution in [3.63, 3.8) is 0 Å². The van der Waals surface area contributed by atoms with Gasteiger partial charge in [-0.3, -0.25) is 4.79 Å². The van der Waals surface area contributed by atoms with E-state index in [-0.39, 0.29) is 24.1 Å². The Balaban J connectivity index is 0.00000161. The number of rotatable bonds is 2. The lowest BCUT2D eigenvalue weighted by molar-refractivity contribution is 0.146. The van der Waals surface area contributed by atoms with Crippen molar-refractivity contribution >= 4 is 23.2 Å². The number of fused-ring (bicyclic) bond motifs is 1. The largest absolute Gasteiger partial charge is 0.490 e. The minimum atomic E-state index is -0.0548. The molecule has 3 N–H and O–H groups in total. The number of ether oxygens (including phenoxy) is 1. The summed E-state index contributed by atoms with van der Waals surface area (Å²) in [6.07, 6.45) is 5.98. The van der Waals surface area contributed by atoms with Crippen LogP contribution in [0.15, 0.2) is 29.2 Å². The topological polar surface area (TPSA) is 68.1 Å². The summed E-state index contributed by atoms with van der Waals surface area (Å²) in [7, 11) is 0. The van der Waals surface area contributed by atoms with Crippen LogP contribution in [-0.4, -0.2) is 17.1 Å². The highest BCUT2D eigenvalue weighted by Crippen LogP contribution is 2.28. The fourth-order valence-electron chi connectivity index (χ4n) is 2.84. The van der Waals surface area contributed by atoms with E-state index in [4.69, 9.17) is 10.5 Å². The number of nitrogens with one attached hydrogen (secondary N) is 1. The van der Waals surface area contributed by atoms with Crippen molar-refractivity contribution in [3.05, 3.63) is 40.3 Å². The lowest BCUT2D eigenvalue weighted by atomic mass is 9.93. The minimum absolute atomic E-state index is 0. The number of aromatic nitrogens is 1. The van der Waals surface area contributed by atoms with Gasteiger partial charge in [-0.1, -0.05) is 0 Å². The van der Waals surface area contributed by atoms with E-state index in [1.165, 1.54) is 0 Å². The molecule has 1 aromatic heterocycles. The molecule has 1 saturated carbocycles. The molecular weight excluding hydrogens is 288 g/mol. The smallest absolute Gasteiger partial charge is 0.255 e. The first-order valence-electron chi connectivity index (χ1n) is 7.18. The molecule has 5 heteroatoms. The van der Waals surface area contributed by atoms with Gasteiger partial charge in [-0.2, -0.15) is 0 Å². The van der Waals surface area contributed by atoms with Gasteiger partial charge in [0.2, 0.25) is 0 Å². The van der Waals surface area contributed by atoms with E-state index >= 15 is 0 Å². The van der Waals surface area contributed by atoms with Crippen LogP contribution in [0.3, 0.4) is 0 Å². The highest BCUT2D eigenvalue weighted by atomic mass is 35.5. The SMILES string of the molecule is Cc1cc2c(=O)[nH]ccc2cc1O[C@H]1CC[C@@H](N)CC1.Cl. The third kappa shape index (κ3) is 3.39. The summed E-state index contributed by atoms with van der Waals surface area (Å²) >= 11 is 0. The van der Waals surface area contributed by atoms with Gasteiger partial charge >= 0.3 is 0 Å². The van der Waals surface area contributed by atoms with Crippen molar-refractivity contribution in [2.75, 3.05) is 0 Å². The van der Waals surface area contributed by atoms with Gasteiger partial charge in [0.1, 0.15) is 5.75 Å². The molecule has 1 aliphatic rings. The molecule has 1 heterocycles. The second-order valence-corrected chi connectivity index (χ2v) is 5.67. The Morgan fingerprint density at radius 3 is 2.67 bits per heavy atom. The summed E-state index contributed by atoms with van der Waals surface area (Å²) in [5, 5.41) is 1.63. The third-order valence-electron chi connectivity index (χ3n) is 4.08. The number of H-pyrrole nitrogens is 1. The number of aromatic amines is 1. The number of nitrogens with two attached hydrogens (primary N) is 1. The molecule has 0 unspecified atom stereocenters. The van der Waals surface area contributed by atoms with E-state index in [1.807, 2.05) is 25.1 Å². The number of benzene rings is 1. The van der Waals surface area contributed by atoms with Crippen LogP contribution in [0.5, 0.6) is 5.75 Å². The number of pyridine rings is 1. The van der Waals surface area contributed by atoms with Gasteiger partial charge in [-0.15, -0.1) is 12.4 Å². The number of hydrogen-bond acceptors (Lipinski definition) is 3. The average Bonchev–Trinajstić information content (AvgIpc) is 2.43. The van der Waals surface area contributed by atoms with Crippen molar-refractivity contribution in [3.8, 4) is 5.75 Å². The normalized spacial score (nSPS) is 21.8. The molecule has 1 aliphatic carbocycles. The standard InChI is InChI=1S/C16H20N2O2.ClH/c1-10-8-14-11(6-7-18-16(14)19)9-15(10)20-13-4-2-12(17)3-5-13;/h6-9,12-13H,2-5,17H2,1H3,(H,18,19);1H/t12-,13+;. The van der Waals surface area contributed by atoms with Gasteiger partial charge in [0.25, 0.3) is 5.56 Å². The summed E-state index contributed by atoms with van der Waals surface area (Å²) < 4.78 is 6.11. The van der Waals surface area contributed by atoms with Gasteiger partial charge in [0, 0.05) is 17.6 Å². The Morgan fingerprint density at radius 2 is 1.95 bits per heavy atom. The van der Waals surface area contributed by atoms with Crippen LogP contribution in [0.25, 0.3) is 10.8 Å². The minimum Gasteiger partial charge on any atom is -0.490 e. The molecule has 3 rings (SSSR count). The van der Waals surface area contributed by atoms with E-state index in [9.17, 15) is 4.79 Å². The summed E-state index contributed by atoms with van der Waals surface area (Å²) in [5.74, 6) is 0.878. The third-order valence-corrected chi connectivity index (χ3v) is 4.08. The lowest BCUT2D eigenvalue weighted by Crippen LogP contribution is -2.31. The zero-order valence-electron chi connectivity index (χ0n) is 12.1. The van der Waals surface area contributed by atoms with E-state index in [0.29, 0.717) is 11.4 Å². The summed E-state index contributed by atoms with van der Waals surface area (Å²) in [6.45, 7) is 1.98. The van der Waals surface area contributed by atoms with Gasteiger partial charge in [-0.25, -0.2) is 0 Å². The quantitative estimate of drug-likeness (QED) is 0.896. The molecule has 0 saturated heterocycles. The van der Waals surface area contributed by atoms with E-state index in [1.54, 1.807) is 6.20 Å². The molecule has 21 heavy (non-hydrogen) atoms. The first kappa shape index (κ1) is 15.9. The van der Waals surface area contributed by atoms with Gasteiger partial charge < -0.3 is 15.5 Å². The van der Waals surface area contributed by atoms with Crippen molar-refractivity contribution in [1.82, 2.24) is 4.98 Å². The molecular formula is C16H21ClN2O2. The molecule has 0 atom stereocenters. The summed E-state index contributed by atoms with van der Waals surface area (Å²) in [4.78, 5) is 14.5. The van der Waals surface area contributed by atoms with Crippen LogP contribution >= 0.6 is 12.4 Å². The van der Waals surface area contributed by atoms with E-state index in [0.717, 1.165) is 42.4 Å². The zero-order valence-corrected chi connectivity index (χ0v) is 12.9. The molecule has 1 fully saturated rings. The Labute approximate surface area is 130 Å². The van der Waals surface area contributed by atoms with E-state index < -0.39 is 0 Å². The predicted octanol–water partition coefficient (Wildman–Crippen LogP) is 2.91. The maximum absolute atomic E-state index is 11.8. The van der Waals surface area contributed by atoms with Crippen LogP contribution < -0.4 is 16.0 Å². The van der Waals surface area contributed by atoms with Crippen molar-refractivity contribution in [2.45, 2.75) is 44.8 Å². The second-order valence-electron chi connectivity index (χ2n) is 5.67. The second kappa shape index (κ2) is 6.50. The summed E-state index contributed by atoms with van der Waals surface area (Å²) in [5.41, 5.74) is 6.87. The van der Waals surface area contributed by atoms with Crippen molar-refractivity contribution in [2.24, 2.45) is 5.73 Å². The Kier molecular flexibility index (Phi) is 4.91. The molecule has 0 radical (unpaired) electrons. The maximum atomic E-state index is 11.8. The van der Waals surface area contributed by atoms with Crippen LogP contribution in [-0.2, 0) is 0 Å². The fourth-order valence-corrected chi connectivity index (χ4v) is 2.84. The van der Waals surface area contributed by atoms with Crippen LogP contribution in [0, 0.1) is 6.92 Å². The highest BCUT2D eigenvalue weighted by Gasteiger charge is 2.20. The first-order chi connectivity index (χ1) is 9.63. The molecule has 0 bridgehead atoms. The highest BCUT2D eigenvalue weighted by molar-refractivity contribution is 5.85. The Morgan fingerprint density at radius 1 is 1.24 bits per heavy atom. The van der Waals surface area contributed by atoms with Crippen molar-refractivity contribution in [1.29, 1.82) is 0 Å². The van der Waals surface area contributed by atoms with Gasteiger partial charge in [0.05, 0.1) is 6.10 Å². The first-order valence-corrected chi connectivity index (χ1v) is 7.18. The van der Waals surface area contributed by atoms with Crippen LogP contribution in [0.4, 0.5) is 0 Å². The predicted molar refractivity (Wildman–Crippen MR) is 87.4 cm³/mol. The van der Waals surface area contributed by atoms with Gasteiger partial charge in [-0.05, 0) is 61.8 Å². The van der Waals surface area contributed by atoms with Crippen molar-refractivity contribution < 1.29 is 4.74 Å². The number of aryl methyl sites for hydroxylation is 1. The number of halogens is 1. The summed E-state index contributed by atoms with van der Waals surface area (Å²) in [6, 6.07) is 6.10. The van der Waals surface area contributed by atoms with Gasteiger partial charge in [0.15, 0.2) is 0 Å². The molecule has 0 aliphatic heterocycles. The molecule has 114 valence electrons. The fraction of sp³-hybridized carbons (Fsp3) is 0.438. The molecule has 0 spiro atoms. The van der Waals surface area contributed by atoms with Crippen LogP contribution in [0.1, 0.15) is 31.2 Å². The average molecular weight is 309 g/mol. The lowest BCUT2D eigenvalue weighted by Gasteiger charge is -2.27. The maximum Gasteiger partial charge on any atom is 0.255 e. The molecule has 2 aromatic rings. The number of hydrogen-bond donors (Lipinski definition) is 2. The monoisotopic (exact) mass is 308 g/mol. The molecule has 0 amide bonds. The molecule has 4 nitrogen and oxygen atoms in total. The van der Waals surface area contributed by atoms with E-state index in [2.05, 4.69) is 4.98 Å². The van der Waals surface area contributed by atoms with Crippen LogP contribution in [0.2, 0.25) is 0 Å². The Bertz CT molecular complexity index is 676. The zero-order chi connectivity index (χ0) is 14.1. The Hall–Kier alpha value is -1.52.